The first-order valence-corrected chi connectivity index (χ1v) is 4.70. The molecule has 0 aliphatic heterocycles. The van der Waals surface area contributed by atoms with Crippen LogP contribution in [0.1, 0.15) is 5.56 Å². The predicted molar refractivity (Wildman–Crippen MR) is 38.6 cm³/mol. The Hall–Kier alpha value is -0.432. The van der Waals surface area contributed by atoms with Crippen molar-refractivity contribution in [3.63, 3.8) is 0 Å². The number of halogens is 3. The molecule has 1 aromatic carbocycles. The molecule has 0 spiro atoms. The summed E-state index contributed by atoms with van der Waals surface area (Å²) >= 11 is 1.14. The zero-order valence-electron chi connectivity index (χ0n) is 5.57. The third kappa shape index (κ3) is 1.59. The standard InChI is InChI=1S/C7H6AsF3/c8-3-4-5(9)1-2-6(10)7(4)11/h1-2H,3,8H2. The molecule has 0 heterocycles. The maximum atomic E-state index is 12.7. The van der Waals surface area contributed by atoms with Crippen molar-refractivity contribution in [2.24, 2.45) is 0 Å². The van der Waals surface area contributed by atoms with E-state index < -0.39 is 17.5 Å². The van der Waals surface area contributed by atoms with Gasteiger partial charge in [-0.05, 0) is 0 Å². The molecule has 11 heavy (non-hydrogen) atoms. The maximum absolute atomic E-state index is 12.7. The summed E-state index contributed by atoms with van der Waals surface area (Å²) in [6.07, 6.45) is 0. The van der Waals surface area contributed by atoms with Gasteiger partial charge in [0, 0.05) is 0 Å². The number of benzene rings is 1. The van der Waals surface area contributed by atoms with E-state index in [-0.39, 0.29) is 10.8 Å². The molecule has 0 amide bonds. The van der Waals surface area contributed by atoms with Gasteiger partial charge in [0.1, 0.15) is 0 Å². The summed E-state index contributed by atoms with van der Waals surface area (Å²) < 4.78 is 37.7. The quantitative estimate of drug-likeness (QED) is 0.495. The van der Waals surface area contributed by atoms with E-state index in [1.807, 2.05) is 0 Å². The van der Waals surface area contributed by atoms with Crippen molar-refractivity contribution in [2.75, 3.05) is 0 Å². The van der Waals surface area contributed by atoms with Crippen LogP contribution in [-0.4, -0.2) is 16.9 Å². The first kappa shape index (κ1) is 8.66. The molecule has 0 nitrogen and oxygen atoms in total. The van der Waals surface area contributed by atoms with Gasteiger partial charge < -0.3 is 0 Å². The summed E-state index contributed by atoms with van der Waals surface area (Å²) in [5.74, 6) is -2.72. The van der Waals surface area contributed by atoms with Gasteiger partial charge in [0.2, 0.25) is 0 Å². The SMILES string of the molecule is Fc1ccc(F)c(C[AsH2])c1F. The van der Waals surface area contributed by atoms with E-state index in [2.05, 4.69) is 0 Å². The van der Waals surface area contributed by atoms with Crippen LogP contribution >= 0.6 is 0 Å². The van der Waals surface area contributed by atoms with Crippen LogP contribution in [0.4, 0.5) is 13.2 Å². The molecule has 0 fully saturated rings. The van der Waals surface area contributed by atoms with Crippen molar-refractivity contribution in [1.29, 1.82) is 0 Å². The number of hydrogen-bond donors (Lipinski definition) is 0. The van der Waals surface area contributed by atoms with Gasteiger partial charge in [0.05, 0.1) is 0 Å². The molecular formula is C7H6AsF3. The summed E-state index contributed by atoms with van der Waals surface area (Å²) in [5.41, 5.74) is -0.162. The Balaban J connectivity index is 3.29. The van der Waals surface area contributed by atoms with Crippen LogP contribution in [0, 0.1) is 17.5 Å². The van der Waals surface area contributed by atoms with Gasteiger partial charge in [-0.15, -0.1) is 0 Å². The number of hydrogen-bond acceptors (Lipinski definition) is 0. The van der Waals surface area contributed by atoms with E-state index in [0.29, 0.717) is 0 Å². The summed E-state index contributed by atoms with van der Waals surface area (Å²) in [6.45, 7) is 0. The summed E-state index contributed by atoms with van der Waals surface area (Å²) in [6, 6.07) is 1.73. The Kier molecular flexibility index (Phi) is 2.61. The van der Waals surface area contributed by atoms with Crippen LogP contribution in [0.5, 0.6) is 0 Å². The predicted octanol–water partition coefficient (Wildman–Crippen LogP) is 1.24. The van der Waals surface area contributed by atoms with Gasteiger partial charge in [-0.3, -0.25) is 0 Å². The number of rotatable bonds is 1. The Morgan fingerprint density at radius 2 is 1.64 bits per heavy atom. The zero-order valence-corrected chi connectivity index (χ0v) is 8.00. The molecule has 1 rings (SSSR count). The normalized spacial score (nSPS) is 10.2. The molecule has 0 saturated heterocycles. The van der Waals surface area contributed by atoms with Crippen LogP contribution in [0.25, 0.3) is 0 Å². The van der Waals surface area contributed by atoms with Crippen molar-refractivity contribution in [3.05, 3.63) is 35.1 Å². The third-order valence-corrected chi connectivity index (χ3v) is 2.20. The Bertz CT molecular complexity index is 273. The molecule has 0 aliphatic carbocycles. The van der Waals surface area contributed by atoms with Gasteiger partial charge in [-0.2, -0.15) is 0 Å². The fourth-order valence-corrected chi connectivity index (χ4v) is 1.54. The van der Waals surface area contributed by atoms with Crippen molar-refractivity contribution >= 4 is 16.9 Å². The van der Waals surface area contributed by atoms with E-state index >= 15 is 0 Å². The topological polar surface area (TPSA) is 0 Å². The van der Waals surface area contributed by atoms with E-state index in [4.69, 9.17) is 0 Å². The Labute approximate surface area is 70.9 Å². The van der Waals surface area contributed by atoms with Gasteiger partial charge in [-0.1, -0.05) is 0 Å². The molecule has 0 saturated carbocycles. The van der Waals surface area contributed by atoms with Crippen molar-refractivity contribution in [3.8, 4) is 0 Å². The molecule has 4 heteroatoms. The van der Waals surface area contributed by atoms with Crippen molar-refractivity contribution in [1.82, 2.24) is 0 Å². The van der Waals surface area contributed by atoms with Crippen molar-refractivity contribution < 1.29 is 13.2 Å². The van der Waals surface area contributed by atoms with Crippen LogP contribution in [-0.2, 0) is 5.21 Å². The van der Waals surface area contributed by atoms with Gasteiger partial charge >= 0.3 is 70.4 Å². The average Bonchev–Trinajstić information content (AvgIpc) is 1.99. The summed E-state index contributed by atoms with van der Waals surface area (Å²) in [4.78, 5) is 0. The fourth-order valence-electron chi connectivity index (χ4n) is 0.756. The Morgan fingerprint density at radius 3 is 2.09 bits per heavy atom. The zero-order chi connectivity index (χ0) is 8.43. The summed E-state index contributed by atoms with van der Waals surface area (Å²) in [5, 5.41) is 0.225. The molecule has 0 aliphatic rings. The molecule has 0 bridgehead atoms. The van der Waals surface area contributed by atoms with Gasteiger partial charge in [0.15, 0.2) is 0 Å². The van der Waals surface area contributed by atoms with E-state index in [9.17, 15) is 13.2 Å². The van der Waals surface area contributed by atoms with Crippen LogP contribution in [0.3, 0.4) is 0 Å². The molecule has 0 aromatic heterocycles. The van der Waals surface area contributed by atoms with E-state index in [1.165, 1.54) is 0 Å². The second kappa shape index (κ2) is 3.31. The third-order valence-electron chi connectivity index (χ3n) is 1.34. The molecule has 0 N–H and O–H groups in total. The average molecular weight is 222 g/mol. The molecule has 0 radical (unpaired) electrons. The van der Waals surface area contributed by atoms with Gasteiger partial charge in [-0.25, -0.2) is 0 Å². The van der Waals surface area contributed by atoms with Crippen LogP contribution in [0.15, 0.2) is 12.1 Å². The Morgan fingerprint density at radius 1 is 1.09 bits per heavy atom. The van der Waals surface area contributed by atoms with Crippen molar-refractivity contribution in [2.45, 2.75) is 5.21 Å². The van der Waals surface area contributed by atoms with Gasteiger partial charge in [0.25, 0.3) is 0 Å². The molecule has 1 aromatic rings. The minimum absolute atomic E-state index is 0.162. The van der Waals surface area contributed by atoms with Crippen LogP contribution in [0.2, 0.25) is 0 Å². The van der Waals surface area contributed by atoms with Crippen LogP contribution < -0.4 is 0 Å². The minimum atomic E-state index is -1.06. The molecular weight excluding hydrogens is 216 g/mol. The second-order valence-corrected chi connectivity index (χ2v) is 2.88. The van der Waals surface area contributed by atoms with E-state index in [0.717, 1.165) is 29.0 Å². The first-order valence-electron chi connectivity index (χ1n) is 2.99. The van der Waals surface area contributed by atoms with E-state index in [1.54, 1.807) is 0 Å². The molecule has 60 valence electrons. The first-order chi connectivity index (χ1) is 5.16. The molecule has 1 unspecified atom stereocenters. The second-order valence-electron chi connectivity index (χ2n) is 2.03. The molecule has 1 atom stereocenters. The summed E-state index contributed by atoms with van der Waals surface area (Å²) in [7, 11) is 0. The monoisotopic (exact) mass is 222 g/mol. The fraction of sp³-hybridized carbons (Fsp3) is 0.143.